The molecule has 0 aliphatic carbocycles. The maximum absolute atomic E-state index is 13.4. The zero-order chi connectivity index (χ0) is 12.3. The summed E-state index contributed by atoms with van der Waals surface area (Å²) in [6.07, 6.45) is 3.59. The maximum Gasteiger partial charge on any atom is 0.129 e. The van der Waals surface area contributed by atoms with Gasteiger partial charge in [0.25, 0.3) is 0 Å². The normalized spacial score (nSPS) is 12.4. The molecule has 0 N–H and O–H groups in total. The van der Waals surface area contributed by atoms with Crippen molar-refractivity contribution in [2.24, 2.45) is 0 Å². The Balaban J connectivity index is 2.16. The maximum atomic E-state index is 13.4. The van der Waals surface area contributed by atoms with Crippen molar-refractivity contribution in [1.82, 2.24) is 4.98 Å². The molecule has 0 amide bonds. The molecule has 1 aromatic heterocycles. The van der Waals surface area contributed by atoms with E-state index in [0.29, 0.717) is 12.0 Å². The van der Waals surface area contributed by atoms with Gasteiger partial charge in [-0.15, -0.1) is 11.6 Å². The zero-order valence-electron chi connectivity index (χ0n) is 8.91. The van der Waals surface area contributed by atoms with E-state index in [1.54, 1.807) is 18.5 Å². The smallest absolute Gasteiger partial charge is 0.129 e. The van der Waals surface area contributed by atoms with Gasteiger partial charge < -0.3 is 0 Å². The van der Waals surface area contributed by atoms with Crippen LogP contribution in [0.4, 0.5) is 8.78 Å². The van der Waals surface area contributed by atoms with Gasteiger partial charge in [0.2, 0.25) is 0 Å². The standard InChI is InChI=1S/C13H10ClF2N/c14-12(10-2-1-5-17-8-10)6-9-3-4-11(15)7-13(9)16/h1-5,7-8,12H,6H2. The van der Waals surface area contributed by atoms with Crippen LogP contribution in [0.3, 0.4) is 0 Å². The molecule has 2 rings (SSSR count). The number of nitrogens with zero attached hydrogens (tertiary/aromatic N) is 1. The Morgan fingerprint density at radius 1 is 1.24 bits per heavy atom. The highest BCUT2D eigenvalue weighted by molar-refractivity contribution is 6.20. The first-order chi connectivity index (χ1) is 8.16. The van der Waals surface area contributed by atoms with Crippen molar-refractivity contribution in [3.05, 3.63) is 65.5 Å². The van der Waals surface area contributed by atoms with Gasteiger partial charge in [0.05, 0.1) is 5.38 Å². The Labute approximate surface area is 103 Å². The molecule has 17 heavy (non-hydrogen) atoms. The molecule has 0 fully saturated rings. The van der Waals surface area contributed by atoms with Crippen molar-refractivity contribution in [2.75, 3.05) is 0 Å². The number of aromatic nitrogens is 1. The molecule has 1 aromatic carbocycles. The average Bonchev–Trinajstić information content (AvgIpc) is 2.34. The van der Waals surface area contributed by atoms with Crippen molar-refractivity contribution in [3.63, 3.8) is 0 Å². The number of benzene rings is 1. The Morgan fingerprint density at radius 3 is 2.71 bits per heavy atom. The van der Waals surface area contributed by atoms with Crippen molar-refractivity contribution >= 4 is 11.6 Å². The molecule has 0 saturated heterocycles. The minimum Gasteiger partial charge on any atom is -0.264 e. The lowest BCUT2D eigenvalue weighted by atomic mass is 10.0. The number of hydrogen-bond acceptors (Lipinski definition) is 1. The monoisotopic (exact) mass is 253 g/mol. The lowest BCUT2D eigenvalue weighted by molar-refractivity contribution is 0.570. The molecular formula is C13H10ClF2N. The predicted octanol–water partition coefficient (Wildman–Crippen LogP) is 3.88. The van der Waals surface area contributed by atoms with Crippen LogP contribution in [0.1, 0.15) is 16.5 Å². The minimum absolute atomic E-state index is 0.305. The van der Waals surface area contributed by atoms with Gasteiger partial charge in [0, 0.05) is 18.5 Å². The second kappa shape index (κ2) is 5.23. The zero-order valence-corrected chi connectivity index (χ0v) is 9.66. The summed E-state index contributed by atoms with van der Waals surface area (Å²) >= 11 is 6.15. The second-order valence-corrected chi connectivity index (χ2v) is 4.22. The second-order valence-electron chi connectivity index (χ2n) is 3.69. The first kappa shape index (κ1) is 12.0. The molecule has 88 valence electrons. The first-order valence-electron chi connectivity index (χ1n) is 5.15. The molecule has 0 aliphatic rings. The van der Waals surface area contributed by atoms with E-state index in [9.17, 15) is 8.78 Å². The lowest BCUT2D eigenvalue weighted by Gasteiger charge is -2.10. The van der Waals surface area contributed by atoms with Crippen molar-refractivity contribution < 1.29 is 8.78 Å². The van der Waals surface area contributed by atoms with Gasteiger partial charge in [-0.2, -0.15) is 0 Å². The third-order valence-electron chi connectivity index (χ3n) is 2.46. The van der Waals surface area contributed by atoms with Gasteiger partial charge >= 0.3 is 0 Å². The summed E-state index contributed by atoms with van der Waals surface area (Å²) in [4.78, 5) is 3.95. The van der Waals surface area contributed by atoms with E-state index in [0.717, 1.165) is 11.6 Å². The number of rotatable bonds is 3. The molecule has 0 saturated carbocycles. The van der Waals surface area contributed by atoms with Crippen molar-refractivity contribution in [3.8, 4) is 0 Å². The van der Waals surface area contributed by atoms with Crippen LogP contribution in [0.15, 0.2) is 42.7 Å². The fourth-order valence-electron chi connectivity index (χ4n) is 1.56. The third kappa shape index (κ3) is 3.01. The van der Waals surface area contributed by atoms with E-state index >= 15 is 0 Å². The lowest BCUT2D eigenvalue weighted by Crippen LogP contribution is -1.99. The van der Waals surface area contributed by atoms with E-state index in [1.807, 2.05) is 6.07 Å². The highest BCUT2D eigenvalue weighted by Gasteiger charge is 2.12. The van der Waals surface area contributed by atoms with Gasteiger partial charge in [0.1, 0.15) is 11.6 Å². The molecule has 1 nitrogen and oxygen atoms in total. The fraction of sp³-hybridized carbons (Fsp3) is 0.154. The quantitative estimate of drug-likeness (QED) is 0.757. The topological polar surface area (TPSA) is 12.9 Å². The van der Waals surface area contributed by atoms with Crippen LogP contribution in [0, 0.1) is 11.6 Å². The SMILES string of the molecule is Fc1ccc(CC(Cl)c2cccnc2)c(F)c1. The summed E-state index contributed by atoms with van der Waals surface area (Å²) in [5, 5.41) is -0.372. The molecule has 1 atom stereocenters. The summed E-state index contributed by atoms with van der Waals surface area (Å²) in [6.45, 7) is 0. The van der Waals surface area contributed by atoms with E-state index in [1.165, 1.54) is 12.1 Å². The summed E-state index contributed by atoms with van der Waals surface area (Å²) in [6, 6.07) is 7.10. The van der Waals surface area contributed by atoms with Gasteiger partial charge in [-0.05, 0) is 29.7 Å². The largest absolute Gasteiger partial charge is 0.264 e. The summed E-state index contributed by atoms with van der Waals surface area (Å²) in [5.41, 5.74) is 1.22. The van der Waals surface area contributed by atoms with Crippen LogP contribution in [-0.4, -0.2) is 4.98 Å². The van der Waals surface area contributed by atoms with Gasteiger partial charge in [0.15, 0.2) is 0 Å². The number of pyridine rings is 1. The van der Waals surface area contributed by atoms with Gasteiger partial charge in [-0.1, -0.05) is 12.1 Å². The Morgan fingerprint density at radius 2 is 2.06 bits per heavy atom. The number of halogens is 3. The third-order valence-corrected chi connectivity index (χ3v) is 2.87. The van der Waals surface area contributed by atoms with Crippen LogP contribution in [-0.2, 0) is 6.42 Å². The van der Waals surface area contributed by atoms with E-state index in [-0.39, 0.29) is 5.38 Å². The van der Waals surface area contributed by atoms with Crippen LogP contribution in [0.25, 0.3) is 0 Å². The van der Waals surface area contributed by atoms with E-state index < -0.39 is 11.6 Å². The van der Waals surface area contributed by atoms with Crippen LogP contribution in [0.5, 0.6) is 0 Å². The number of alkyl halides is 1. The summed E-state index contributed by atoms with van der Waals surface area (Å²) in [7, 11) is 0. The first-order valence-corrected chi connectivity index (χ1v) is 5.58. The van der Waals surface area contributed by atoms with Gasteiger partial charge in [-0.25, -0.2) is 8.78 Å². The summed E-state index contributed by atoms with van der Waals surface area (Å²) < 4.78 is 26.1. The fourth-order valence-corrected chi connectivity index (χ4v) is 1.85. The van der Waals surface area contributed by atoms with E-state index in [2.05, 4.69) is 4.98 Å². The molecule has 1 unspecified atom stereocenters. The summed E-state index contributed by atoms with van der Waals surface area (Å²) in [5.74, 6) is -1.15. The molecule has 2 aromatic rings. The molecular weight excluding hydrogens is 244 g/mol. The Hall–Kier alpha value is -1.48. The molecule has 0 spiro atoms. The molecule has 0 aliphatic heterocycles. The van der Waals surface area contributed by atoms with E-state index in [4.69, 9.17) is 11.6 Å². The predicted molar refractivity (Wildman–Crippen MR) is 62.9 cm³/mol. The van der Waals surface area contributed by atoms with Crippen LogP contribution < -0.4 is 0 Å². The van der Waals surface area contributed by atoms with Gasteiger partial charge in [-0.3, -0.25) is 4.98 Å². The number of hydrogen-bond donors (Lipinski definition) is 0. The Bertz CT molecular complexity index is 502. The molecule has 0 radical (unpaired) electrons. The minimum atomic E-state index is -0.584. The average molecular weight is 254 g/mol. The van der Waals surface area contributed by atoms with Crippen molar-refractivity contribution in [1.29, 1.82) is 0 Å². The van der Waals surface area contributed by atoms with Crippen LogP contribution in [0.2, 0.25) is 0 Å². The van der Waals surface area contributed by atoms with Crippen molar-refractivity contribution in [2.45, 2.75) is 11.8 Å². The van der Waals surface area contributed by atoms with Crippen LogP contribution >= 0.6 is 11.6 Å². The highest BCUT2D eigenvalue weighted by atomic mass is 35.5. The highest BCUT2D eigenvalue weighted by Crippen LogP contribution is 2.25. The Kier molecular flexibility index (Phi) is 3.69. The molecule has 1 heterocycles. The molecule has 4 heteroatoms. The molecule has 0 bridgehead atoms.